The Morgan fingerprint density at radius 2 is 1.58 bits per heavy atom. The van der Waals surface area contributed by atoms with Crippen LogP contribution < -0.4 is 4.90 Å². The van der Waals surface area contributed by atoms with Crippen LogP contribution in [-0.4, -0.2) is 19.9 Å². The first-order valence-corrected chi connectivity index (χ1v) is 6.22. The van der Waals surface area contributed by atoms with Crippen LogP contribution in [0, 0.1) is 0 Å². The van der Waals surface area contributed by atoms with E-state index in [2.05, 4.69) is 0 Å². The van der Waals surface area contributed by atoms with Crippen LogP contribution in [0.1, 0.15) is 15.9 Å². The molecule has 2 aromatic carbocycles. The molecule has 2 aromatic rings. The van der Waals surface area contributed by atoms with Crippen molar-refractivity contribution < 1.29 is 4.79 Å². The minimum Gasteiger partial charge on any atom is -0.377 e. The number of para-hydroxylation sites is 1. The number of allylic oxidation sites excluding steroid dienone is 1. The molecule has 0 radical (unpaired) electrons. The average molecular weight is 251 g/mol. The molecule has 0 heterocycles. The lowest BCUT2D eigenvalue weighted by atomic mass is 10.1. The lowest BCUT2D eigenvalue weighted by Crippen LogP contribution is -2.09. The van der Waals surface area contributed by atoms with Gasteiger partial charge in [-0.1, -0.05) is 48.5 Å². The normalized spacial score (nSPS) is 10.6. The van der Waals surface area contributed by atoms with E-state index in [1.807, 2.05) is 79.7 Å². The number of benzene rings is 2. The van der Waals surface area contributed by atoms with Gasteiger partial charge in [-0.25, -0.2) is 0 Å². The average Bonchev–Trinajstić information content (AvgIpc) is 2.46. The Balaban J connectivity index is 2.22. The zero-order valence-corrected chi connectivity index (χ0v) is 11.2. The van der Waals surface area contributed by atoms with Crippen molar-refractivity contribution in [3.63, 3.8) is 0 Å². The van der Waals surface area contributed by atoms with Gasteiger partial charge >= 0.3 is 0 Å². The summed E-state index contributed by atoms with van der Waals surface area (Å²) >= 11 is 0. The SMILES string of the molecule is CN(C)c1ccccc1/C=C/C(=O)c1ccccc1. The molecule has 2 rings (SSSR count). The first-order chi connectivity index (χ1) is 9.18. The molecule has 0 aliphatic carbocycles. The number of carbonyl (C=O) groups is 1. The minimum atomic E-state index is 0.0224. The Kier molecular flexibility index (Phi) is 4.14. The van der Waals surface area contributed by atoms with Crippen molar-refractivity contribution in [1.29, 1.82) is 0 Å². The van der Waals surface area contributed by atoms with Crippen LogP contribution in [0.5, 0.6) is 0 Å². The van der Waals surface area contributed by atoms with E-state index >= 15 is 0 Å². The lowest BCUT2D eigenvalue weighted by Gasteiger charge is -2.15. The Labute approximate surface area is 114 Å². The van der Waals surface area contributed by atoms with E-state index in [-0.39, 0.29) is 5.78 Å². The molecular formula is C17H17NO. The molecule has 0 bridgehead atoms. The number of hydrogen-bond acceptors (Lipinski definition) is 2. The van der Waals surface area contributed by atoms with Crippen LogP contribution in [0.25, 0.3) is 6.08 Å². The molecule has 0 amide bonds. The smallest absolute Gasteiger partial charge is 0.185 e. The second-order valence-electron chi connectivity index (χ2n) is 4.52. The van der Waals surface area contributed by atoms with Gasteiger partial charge in [-0.05, 0) is 23.8 Å². The molecule has 2 heteroatoms. The van der Waals surface area contributed by atoms with Gasteiger partial charge in [-0.2, -0.15) is 0 Å². The number of carbonyl (C=O) groups excluding carboxylic acids is 1. The molecule has 0 unspecified atom stereocenters. The van der Waals surface area contributed by atoms with E-state index in [4.69, 9.17) is 0 Å². The summed E-state index contributed by atoms with van der Waals surface area (Å²) in [6.45, 7) is 0. The van der Waals surface area contributed by atoms with Crippen LogP contribution in [0.15, 0.2) is 60.7 Å². The highest BCUT2D eigenvalue weighted by Gasteiger charge is 2.02. The van der Waals surface area contributed by atoms with Crippen molar-refractivity contribution in [2.45, 2.75) is 0 Å². The predicted octanol–water partition coefficient (Wildman–Crippen LogP) is 3.65. The van der Waals surface area contributed by atoms with Crippen LogP contribution in [0.2, 0.25) is 0 Å². The number of anilines is 1. The second-order valence-corrected chi connectivity index (χ2v) is 4.52. The molecule has 0 saturated carbocycles. The molecule has 0 atom stereocenters. The Hall–Kier alpha value is -2.35. The molecule has 0 N–H and O–H groups in total. The van der Waals surface area contributed by atoms with E-state index in [0.29, 0.717) is 5.56 Å². The largest absolute Gasteiger partial charge is 0.377 e. The highest BCUT2D eigenvalue weighted by Crippen LogP contribution is 2.19. The van der Waals surface area contributed by atoms with Crippen LogP contribution in [0.3, 0.4) is 0 Å². The van der Waals surface area contributed by atoms with E-state index in [1.165, 1.54) is 0 Å². The molecule has 0 aliphatic rings. The maximum Gasteiger partial charge on any atom is 0.185 e. The summed E-state index contributed by atoms with van der Waals surface area (Å²) in [5, 5.41) is 0. The lowest BCUT2D eigenvalue weighted by molar-refractivity contribution is 0.104. The monoisotopic (exact) mass is 251 g/mol. The minimum absolute atomic E-state index is 0.0224. The summed E-state index contributed by atoms with van der Waals surface area (Å²) in [4.78, 5) is 14.0. The fourth-order valence-corrected chi connectivity index (χ4v) is 1.90. The summed E-state index contributed by atoms with van der Waals surface area (Å²) in [6.07, 6.45) is 3.49. The Morgan fingerprint density at radius 1 is 0.947 bits per heavy atom. The summed E-state index contributed by atoms with van der Waals surface area (Å²) < 4.78 is 0. The Morgan fingerprint density at radius 3 is 2.26 bits per heavy atom. The second kappa shape index (κ2) is 6.01. The van der Waals surface area contributed by atoms with Crippen molar-refractivity contribution in [3.8, 4) is 0 Å². The highest BCUT2D eigenvalue weighted by atomic mass is 16.1. The third-order valence-electron chi connectivity index (χ3n) is 2.89. The molecular weight excluding hydrogens is 234 g/mol. The topological polar surface area (TPSA) is 20.3 Å². The standard InChI is InChI=1S/C17H17NO/c1-18(2)16-11-7-6-8-14(16)12-13-17(19)15-9-4-3-5-10-15/h3-13H,1-2H3/b13-12+. The van der Waals surface area contributed by atoms with Gasteiger partial charge < -0.3 is 4.90 Å². The van der Waals surface area contributed by atoms with Crippen LogP contribution >= 0.6 is 0 Å². The van der Waals surface area contributed by atoms with Crippen molar-refractivity contribution in [2.75, 3.05) is 19.0 Å². The van der Waals surface area contributed by atoms with E-state index in [0.717, 1.165) is 11.3 Å². The van der Waals surface area contributed by atoms with Gasteiger partial charge in [-0.3, -0.25) is 4.79 Å². The maximum atomic E-state index is 12.0. The van der Waals surface area contributed by atoms with E-state index < -0.39 is 0 Å². The zero-order chi connectivity index (χ0) is 13.7. The van der Waals surface area contributed by atoms with Gasteiger partial charge in [0.1, 0.15) is 0 Å². The fourth-order valence-electron chi connectivity index (χ4n) is 1.90. The number of rotatable bonds is 4. The van der Waals surface area contributed by atoms with Gasteiger partial charge in [0.2, 0.25) is 0 Å². The summed E-state index contributed by atoms with van der Waals surface area (Å²) in [6, 6.07) is 17.3. The first kappa shape index (κ1) is 13.1. The predicted molar refractivity (Wildman–Crippen MR) is 80.6 cm³/mol. The quantitative estimate of drug-likeness (QED) is 0.610. The van der Waals surface area contributed by atoms with Crippen molar-refractivity contribution >= 4 is 17.5 Å². The highest BCUT2D eigenvalue weighted by molar-refractivity contribution is 6.07. The molecule has 96 valence electrons. The first-order valence-electron chi connectivity index (χ1n) is 6.22. The van der Waals surface area contributed by atoms with Gasteiger partial charge in [-0.15, -0.1) is 0 Å². The number of hydrogen-bond donors (Lipinski definition) is 0. The van der Waals surface area contributed by atoms with Crippen LogP contribution in [-0.2, 0) is 0 Å². The Bertz CT molecular complexity index is 585. The maximum absolute atomic E-state index is 12.0. The summed E-state index contributed by atoms with van der Waals surface area (Å²) in [7, 11) is 3.98. The van der Waals surface area contributed by atoms with Gasteiger partial charge in [0.15, 0.2) is 5.78 Å². The van der Waals surface area contributed by atoms with Gasteiger partial charge in [0.25, 0.3) is 0 Å². The van der Waals surface area contributed by atoms with Gasteiger partial charge in [0, 0.05) is 25.3 Å². The van der Waals surface area contributed by atoms with Crippen molar-refractivity contribution in [1.82, 2.24) is 0 Å². The fraction of sp³-hybridized carbons (Fsp3) is 0.118. The molecule has 2 nitrogen and oxygen atoms in total. The molecule has 0 fully saturated rings. The molecule has 0 aliphatic heterocycles. The van der Waals surface area contributed by atoms with Gasteiger partial charge in [0.05, 0.1) is 0 Å². The molecule has 0 spiro atoms. The third-order valence-corrected chi connectivity index (χ3v) is 2.89. The van der Waals surface area contributed by atoms with Crippen molar-refractivity contribution in [2.24, 2.45) is 0 Å². The number of nitrogens with zero attached hydrogens (tertiary/aromatic N) is 1. The zero-order valence-electron chi connectivity index (χ0n) is 11.2. The van der Waals surface area contributed by atoms with E-state index in [9.17, 15) is 4.79 Å². The summed E-state index contributed by atoms with van der Waals surface area (Å²) in [5.41, 5.74) is 2.84. The van der Waals surface area contributed by atoms with Crippen LogP contribution in [0.4, 0.5) is 5.69 Å². The van der Waals surface area contributed by atoms with E-state index in [1.54, 1.807) is 6.08 Å². The number of ketones is 1. The molecule has 19 heavy (non-hydrogen) atoms. The molecule has 0 aromatic heterocycles. The molecule has 0 saturated heterocycles. The summed E-state index contributed by atoms with van der Waals surface area (Å²) in [5.74, 6) is 0.0224. The van der Waals surface area contributed by atoms with Crippen molar-refractivity contribution in [3.05, 3.63) is 71.8 Å². The third kappa shape index (κ3) is 3.32.